The molecule has 0 unspecified atom stereocenters. The minimum Gasteiger partial charge on any atom is -0.356 e. The number of piperidine rings is 1. The predicted octanol–water partition coefficient (Wildman–Crippen LogP) is 5.53. The minimum atomic E-state index is -3.34. The van der Waals surface area contributed by atoms with Gasteiger partial charge in [-0.05, 0) is 73.5 Å². The number of hydrogen-bond acceptors (Lipinski definition) is 7. The fraction of sp³-hybridized carbons (Fsp3) is 0.273. The highest BCUT2D eigenvalue weighted by Crippen LogP contribution is 2.31. The van der Waals surface area contributed by atoms with Gasteiger partial charge in [0.05, 0.1) is 11.3 Å². The summed E-state index contributed by atoms with van der Waals surface area (Å²) in [7, 11) is -3.34. The van der Waals surface area contributed by atoms with Gasteiger partial charge >= 0.3 is 0 Å². The Morgan fingerprint density at radius 1 is 1.00 bits per heavy atom. The van der Waals surface area contributed by atoms with E-state index < -0.39 is 15.8 Å². The molecule has 2 aromatic carbocycles. The maximum absolute atomic E-state index is 13.5. The summed E-state index contributed by atoms with van der Waals surface area (Å²) in [4.78, 5) is 12.5. The number of halogens is 2. The van der Waals surface area contributed by atoms with Crippen LogP contribution in [-0.4, -0.2) is 37.7 Å². The van der Waals surface area contributed by atoms with E-state index in [-0.39, 0.29) is 5.02 Å². The van der Waals surface area contributed by atoms with Crippen molar-refractivity contribution in [1.82, 2.24) is 9.97 Å². The summed E-state index contributed by atoms with van der Waals surface area (Å²) in [6.45, 7) is 1.85. The van der Waals surface area contributed by atoms with E-state index in [0.29, 0.717) is 22.3 Å². The molecule has 3 aromatic rings. The second kappa shape index (κ2) is 10.1. The molecule has 0 spiro atoms. The van der Waals surface area contributed by atoms with Gasteiger partial charge in [-0.3, -0.25) is 4.72 Å². The number of rotatable bonds is 7. The van der Waals surface area contributed by atoms with Crippen molar-refractivity contribution in [1.29, 1.82) is 0 Å². The van der Waals surface area contributed by atoms with Gasteiger partial charge < -0.3 is 10.2 Å². The Balaban J connectivity index is 1.60. The van der Waals surface area contributed by atoms with Crippen molar-refractivity contribution in [3.63, 3.8) is 0 Å². The molecule has 0 aliphatic carbocycles. The molecule has 1 aliphatic heterocycles. The van der Waals surface area contributed by atoms with Crippen molar-refractivity contribution >= 4 is 56.4 Å². The van der Waals surface area contributed by atoms with Crippen LogP contribution in [0.15, 0.2) is 58.6 Å². The summed E-state index contributed by atoms with van der Waals surface area (Å²) in [5, 5.41) is 3.76. The Morgan fingerprint density at radius 2 is 1.70 bits per heavy atom. The van der Waals surface area contributed by atoms with Crippen LogP contribution < -0.4 is 14.9 Å². The first-order chi connectivity index (χ1) is 15.7. The molecule has 2 N–H and O–H groups in total. The van der Waals surface area contributed by atoms with Crippen LogP contribution in [0, 0.1) is 5.82 Å². The molecule has 33 heavy (non-hydrogen) atoms. The van der Waals surface area contributed by atoms with Crippen LogP contribution in [0.25, 0.3) is 0 Å². The second-order valence-electron chi connectivity index (χ2n) is 7.70. The molecule has 0 saturated carbocycles. The predicted molar refractivity (Wildman–Crippen MR) is 132 cm³/mol. The highest BCUT2D eigenvalue weighted by molar-refractivity contribution is 7.99. The smallest absolute Gasteiger partial charge is 0.229 e. The summed E-state index contributed by atoms with van der Waals surface area (Å²) < 4.78 is 38.8. The van der Waals surface area contributed by atoms with E-state index >= 15 is 0 Å². The summed E-state index contributed by atoms with van der Waals surface area (Å²) in [6.07, 6.45) is 4.53. The van der Waals surface area contributed by atoms with Gasteiger partial charge in [0.25, 0.3) is 0 Å². The summed E-state index contributed by atoms with van der Waals surface area (Å²) in [6, 6.07) is 13.3. The number of aromatic nitrogens is 2. The Bertz CT molecular complexity index is 1240. The van der Waals surface area contributed by atoms with Crippen LogP contribution in [0.1, 0.15) is 19.3 Å². The number of nitrogens with zero attached hydrogens (tertiary/aromatic N) is 3. The van der Waals surface area contributed by atoms with E-state index in [2.05, 4.69) is 19.9 Å². The SMILES string of the molecule is CS(=O)(=O)Nc1ccc(Sc2nc(Nc3ccc(F)c(Cl)c3)cc(N3CCCCC3)n2)cc1. The van der Waals surface area contributed by atoms with E-state index in [9.17, 15) is 12.8 Å². The number of sulfonamides is 1. The zero-order valence-corrected chi connectivity index (χ0v) is 20.3. The molecule has 1 fully saturated rings. The number of hydrogen-bond donors (Lipinski definition) is 2. The van der Waals surface area contributed by atoms with Gasteiger partial charge in [-0.15, -0.1) is 0 Å². The molecule has 2 heterocycles. The zero-order valence-electron chi connectivity index (χ0n) is 17.9. The van der Waals surface area contributed by atoms with E-state index in [1.165, 1.54) is 30.3 Å². The topological polar surface area (TPSA) is 87.2 Å². The first-order valence-corrected chi connectivity index (χ1v) is 13.5. The molecule has 1 aromatic heterocycles. The third-order valence-electron chi connectivity index (χ3n) is 4.93. The molecule has 7 nitrogen and oxygen atoms in total. The third kappa shape index (κ3) is 6.72. The third-order valence-corrected chi connectivity index (χ3v) is 6.70. The van der Waals surface area contributed by atoms with Crippen molar-refractivity contribution in [2.75, 3.05) is 34.3 Å². The van der Waals surface area contributed by atoms with Gasteiger partial charge in [-0.1, -0.05) is 11.6 Å². The number of nitrogens with one attached hydrogen (secondary N) is 2. The number of anilines is 4. The van der Waals surface area contributed by atoms with E-state index in [4.69, 9.17) is 16.6 Å². The van der Waals surface area contributed by atoms with E-state index in [0.717, 1.165) is 42.9 Å². The van der Waals surface area contributed by atoms with Gasteiger partial charge in [-0.2, -0.15) is 0 Å². The average molecular weight is 508 g/mol. The maximum Gasteiger partial charge on any atom is 0.229 e. The standard InChI is InChI=1S/C22H23ClFN5O2S2/c1-33(30,31)28-15-5-8-17(9-6-15)32-22-26-20(25-16-7-10-19(24)18(23)13-16)14-21(27-22)29-11-3-2-4-12-29/h5-10,13-14,28H,2-4,11-12H2,1H3,(H,25,26,27). The quantitative estimate of drug-likeness (QED) is 0.407. The molecule has 0 atom stereocenters. The molecule has 0 amide bonds. The van der Waals surface area contributed by atoms with Crippen molar-refractivity contribution < 1.29 is 12.8 Å². The van der Waals surface area contributed by atoms with Gasteiger partial charge in [0.15, 0.2) is 5.16 Å². The molecule has 0 radical (unpaired) electrons. The van der Waals surface area contributed by atoms with E-state index in [1.807, 2.05) is 18.2 Å². The normalized spacial score (nSPS) is 14.2. The Morgan fingerprint density at radius 3 is 2.36 bits per heavy atom. The number of benzene rings is 2. The summed E-state index contributed by atoms with van der Waals surface area (Å²) in [5.74, 6) is 0.911. The lowest BCUT2D eigenvalue weighted by Crippen LogP contribution is -2.30. The van der Waals surface area contributed by atoms with Crippen molar-refractivity contribution in [3.8, 4) is 0 Å². The molecule has 11 heteroatoms. The van der Waals surface area contributed by atoms with Crippen molar-refractivity contribution in [3.05, 3.63) is 59.4 Å². The molecule has 1 aliphatic rings. The molecular formula is C22H23ClFN5O2S2. The van der Waals surface area contributed by atoms with Crippen molar-refractivity contribution in [2.45, 2.75) is 29.3 Å². The lowest BCUT2D eigenvalue weighted by molar-refractivity contribution is 0.571. The fourth-order valence-electron chi connectivity index (χ4n) is 3.44. The van der Waals surface area contributed by atoms with Crippen LogP contribution in [0.4, 0.5) is 27.4 Å². The zero-order chi connectivity index (χ0) is 23.4. The molecular weight excluding hydrogens is 485 g/mol. The minimum absolute atomic E-state index is 0.0303. The molecule has 0 bridgehead atoms. The second-order valence-corrected chi connectivity index (χ2v) is 10.9. The van der Waals surface area contributed by atoms with Gasteiger partial charge in [0.2, 0.25) is 10.0 Å². The van der Waals surface area contributed by atoms with Crippen LogP contribution in [0.5, 0.6) is 0 Å². The van der Waals surface area contributed by atoms with E-state index in [1.54, 1.807) is 18.2 Å². The monoisotopic (exact) mass is 507 g/mol. The van der Waals surface area contributed by atoms with Crippen LogP contribution in [0.2, 0.25) is 5.02 Å². The lowest BCUT2D eigenvalue weighted by atomic mass is 10.1. The van der Waals surface area contributed by atoms with Crippen LogP contribution in [-0.2, 0) is 10.0 Å². The Hall–Kier alpha value is -2.56. The Kier molecular flexibility index (Phi) is 7.26. The summed E-state index contributed by atoms with van der Waals surface area (Å²) in [5.41, 5.74) is 1.11. The van der Waals surface area contributed by atoms with Gasteiger partial charge in [0.1, 0.15) is 17.5 Å². The van der Waals surface area contributed by atoms with Crippen LogP contribution in [0.3, 0.4) is 0 Å². The van der Waals surface area contributed by atoms with Gasteiger partial charge in [0, 0.05) is 35.4 Å². The van der Waals surface area contributed by atoms with Gasteiger partial charge in [-0.25, -0.2) is 22.8 Å². The fourth-order valence-corrected chi connectivity index (χ4v) is 4.95. The van der Waals surface area contributed by atoms with Crippen molar-refractivity contribution in [2.24, 2.45) is 0 Å². The average Bonchev–Trinajstić information content (AvgIpc) is 2.77. The molecule has 174 valence electrons. The molecule has 4 rings (SSSR count). The highest BCUT2D eigenvalue weighted by atomic mass is 35.5. The first kappa shape index (κ1) is 23.6. The lowest BCUT2D eigenvalue weighted by Gasteiger charge is -2.28. The Labute approximate surface area is 201 Å². The first-order valence-electron chi connectivity index (χ1n) is 10.4. The summed E-state index contributed by atoms with van der Waals surface area (Å²) >= 11 is 7.29. The largest absolute Gasteiger partial charge is 0.356 e. The highest BCUT2D eigenvalue weighted by Gasteiger charge is 2.16. The maximum atomic E-state index is 13.5. The van der Waals surface area contributed by atoms with Crippen LogP contribution >= 0.6 is 23.4 Å². The molecule has 1 saturated heterocycles.